The Morgan fingerprint density at radius 3 is 2.45 bits per heavy atom. The molecule has 0 aromatic rings. The molecule has 0 rings (SSSR count). The summed E-state index contributed by atoms with van der Waals surface area (Å²) in [6.45, 7) is 0.0442. The number of rotatable bonds is 4. The molecule has 0 fully saturated rings. The summed E-state index contributed by atoms with van der Waals surface area (Å²) in [5.74, 6) is -0.461. The average molecular weight is 180 g/mol. The van der Waals surface area contributed by atoms with Crippen molar-refractivity contribution in [2.45, 2.75) is 6.42 Å². The van der Waals surface area contributed by atoms with Crippen molar-refractivity contribution < 1.29 is 13.2 Å². The van der Waals surface area contributed by atoms with Crippen molar-refractivity contribution in [2.24, 2.45) is 5.73 Å². The quantitative estimate of drug-likeness (QED) is 0.513. The summed E-state index contributed by atoms with van der Waals surface area (Å²) in [6, 6.07) is 0. The van der Waals surface area contributed by atoms with E-state index in [1.165, 1.54) is 0 Å². The van der Waals surface area contributed by atoms with Crippen molar-refractivity contribution in [3.8, 4) is 0 Å². The maximum Gasteiger partial charge on any atom is 0.222 e. The molecule has 0 unspecified atom stereocenters. The normalized spacial score (nSPS) is 11.1. The molecule has 0 aromatic carbocycles. The van der Waals surface area contributed by atoms with E-state index >= 15 is 0 Å². The Hall–Kier alpha value is -0.620. The lowest BCUT2D eigenvalue weighted by Crippen LogP contribution is -2.30. The van der Waals surface area contributed by atoms with E-state index in [9.17, 15) is 13.2 Å². The number of amides is 1. The van der Waals surface area contributed by atoms with Crippen molar-refractivity contribution in [1.82, 2.24) is 5.32 Å². The molecule has 1 amide bonds. The summed E-state index contributed by atoms with van der Waals surface area (Å²) in [5, 5.41) is 2.29. The summed E-state index contributed by atoms with van der Waals surface area (Å²) >= 11 is 0. The molecule has 0 heterocycles. The van der Waals surface area contributed by atoms with Gasteiger partial charge in [0.15, 0.2) is 0 Å². The summed E-state index contributed by atoms with van der Waals surface area (Å²) in [4.78, 5) is 10.6. The van der Waals surface area contributed by atoms with Crippen molar-refractivity contribution in [2.75, 3.05) is 18.7 Å². The smallest absolute Gasteiger partial charge is 0.222 e. The van der Waals surface area contributed by atoms with Crippen LogP contribution in [0.5, 0.6) is 0 Å². The zero-order valence-electron chi connectivity index (χ0n) is 6.33. The molecular weight excluding hydrogens is 168 g/mol. The third kappa shape index (κ3) is 7.27. The molecule has 0 radical (unpaired) electrons. The molecule has 11 heavy (non-hydrogen) atoms. The molecule has 6 heteroatoms. The first-order valence-corrected chi connectivity index (χ1v) is 5.16. The molecule has 0 saturated carbocycles. The first kappa shape index (κ1) is 10.4. The fourth-order valence-corrected chi connectivity index (χ4v) is 1.04. The highest BCUT2D eigenvalue weighted by Gasteiger charge is 2.05. The van der Waals surface area contributed by atoms with Crippen molar-refractivity contribution in [1.29, 1.82) is 0 Å². The minimum Gasteiger partial charge on any atom is -0.344 e. The van der Waals surface area contributed by atoms with Crippen LogP contribution >= 0.6 is 0 Å². The van der Waals surface area contributed by atoms with Gasteiger partial charge in [-0.15, -0.1) is 0 Å². The first-order valence-electron chi connectivity index (χ1n) is 3.10. The van der Waals surface area contributed by atoms with Gasteiger partial charge in [-0.2, -0.15) is 0 Å². The average Bonchev–Trinajstić information content (AvgIpc) is 1.83. The van der Waals surface area contributed by atoms with E-state index < -0.39 is 9.84 Å². The standard InChI is InChI=1S/C5H12N2O3S/c1-11(9,10)3-2-5(8)7-4-6/h2-4,6H2,1H3,(H,7,8). The van der Waals surface area contributed by atoms with Crippen molar-refractivity contribution >= 4 is 15.7 Å². The Morgan fingerprint density at radius 2 is 2.09 bits per heavy atom. The van der Waals surface area contributed by atoms with Gasteiger partial charge in [-0.3, -0.25) is 4.79 Å². The van der Waals surface area contributed by atoms with E-state index in [-0.39, 0.29) is 24.7 Å². The van der Waals surface area contributed by atoms with E-state index in [1.54, 1.807) is 0 Å². The van der Waals surface area contributed by atoms with Gasteiger partial charge in [0.05, 0.1) is 12.4 Å². The minimum atomic E-state index is -3.04. The molecule has 0 aliphatic rings. The number of sulfone groups is 1. The largest absolute Gasteiger partial charge is 0.344 e. The zero-order chi connectivity index (χ0) is 8.91. The summed E-state index contributed by atoms with van der Waals surface area (Å²) < 4.78 is 21.1. The Bertz CT molecular complexity index is 222. The molecule has 0 aliphatic heterocycles. The minimum absolute atomic E-state index is 0.0178. The van der Waals surface area contributed by atoms with Gasteiger partial charge in [0, 0.05) is 12.7 Å². The molecule has 0 spiro atoms. The zero-order valence-corrected chi connectivity index (χ0v) is 7.15. The van der Waals surface area contributed by atoms with Crippen LogP contribution in [-0.2, 0) is 14.6 Å². The second kappa shape index (κ2) is 4.30. The van der Waals surface area contributed by atoms with Crippen LogP contribution in [0.4, 0.5) is 0 Å². The third-order valence-electron chi connectivity index (χ3n) is 0.999. The maximum absolute atomic E-state index is 10.6. The molecule has 0 saturated heterocycles. The van der Waals surface area contributed by atoms with Gasteiger partial charge < -0.3 is 11.1 Å². The molecule has 66 valence electrons. The lowest BCUT2D eigenvalue weighted by Gasteiger charge is -1.99. The Labute approximate surface area is 65.9 Å². The van der Waals surface area contributed by atoms with E-state index in [4.69, 9.17) is 5.73 Å². The van der Waals surface area contributed by atoms with E-state index in [1.807, 2.05) is 0 Å². The monoisotopic (exact) mass is 180 g/mol. The number of nitrogens with two attached hydrogens (primary N) is 1. The highest BCUT2D eigenvalue weighted by molar-refractivity contribution is 7.90. The van der Waals surface area contributed by atoms with Gasteiger partial charge in [0.2, 0.25) is 5.91 Å². The van der Waals surface area contributed by atoms with Gasteiger partial charge >= 0.3 is 0 Å². The van der Waals surface area contributed by atoms with Crippen molar-refractivity contribution in [3.63, 3.8) is 0 Å². The Morgan fingerprint density at radius 1 is 1.55 bits per heavy atom. The molecule has 0 aliphatic carbocycles. The molecule has 5 nitrogen and oxygen atoms in total. The van der Waals surface area contributed by atoms with E-state index in [0.717, 1.165) is 6.26 Å². The third-order valence-corrected chi connectivity index (χ3v) is 1.94. The van der Waals surface area contributed by atoms with Crippen LogP contribution in [-0.4, -0.2) is 33.0 Å². The van der Waals surface area contributed by atoms with Crippen molar-refractivity contribution in [3.05, 3.63) is 0 Å². The van der Waals surface area contributed by atoms with Crippen LogP contribution in [0, 0.1) is 0 Å². The van der Waals surface area contributed by atoms with Crippen LogP contribution in [0.15, 0.2) is 0 Å². The predicted molar refractivity (Wildman–Crippen MR) is 41.5 cm³/mol. The summed E-state index contributed by atoms with van der Waals surface area (Å²) in [7, 11) is -3.04. The first-order chi connectivity index (χ1) is 4.95. The van der Waals surface area contributed by atoms with Crippen LogP contribution in [0.25, 0.3) is 0 Å². The predicted octanol–water partition coefficient (Wildman–Crippen LogP) is -1.55. The maximum atomic E-state index is 10.6. The van der Waals surface area contributed by atoms with Gasteiger partial charge in [0.25, 0.3) is 0 Å². The lowest BCUT2D eigenvalue weighted by atomic mass is 10.5. The van der Waals surface area contributed by atoms with Crippen LogP contribution in [0.1, 0.15) is 6.42 Å². The van der Waals surface area contributed by atoms with Gasteiger partial charge in [-0.25, -0.2) is 8.42 Å². The van der Waals surface area contributed by atoms with Crippen LogP contribution in [0.2, 0.25) is 0 Å². The molecule has 0 aromatic heterocycles. The molecule has 0 atom stereocenters. The number of carbonyl (C=O) groups excluding carboxylic acids is 1. The van der Waals surface area contributed by atoms with Crippen LogP contribution < -0.4 is 11.1 Å². The van der Waals surface area contributed by atoms with Gasteiger partial charge in [-0.1, -0.05) is 0 Å². The Balaban J connectivity index is 3.64. The van der Waals surface area contributed by atoms with E-state index in [0.29, 0.717) is 0 Å². The topological polar surface area (TPSA) is 89.3 Å². The number of hydrogen-bond acceptors (Lipinski definition) is 4. The number of carbonyl (C=O) groups is 1. The molecule has 3 N–H and O–H groups in total. The highest BCUT2D eigenvalue weighted by atomic mass is 32.2. The second-order valence-corrected chi connectivity index (χ2v) is 4.44. The highest BCUT2D eigenvalue weighted by Crippen LogP contribution is 1.87. The SMILES string of the molecule is CS(=O)(=O)CCC(=O)NCN. The number of nitrogens with one attached hydrogen (secondary N) is 1. The summed E-state index contributed by atoms with van der Waals surface area (Å²) in [5.41, 5.74) is 4.99. The molecular formula is C5H12N2O3S. The molecule has 0 bridgehead atoms. The lowest BCUT2D eigenvalue weighted by molar-refractivity contribution is -0.120. The summed E-state index contributed by atoms with van der Waals surface area (Å²) in [6.07, 6.45) is 1.07. The number of hydrogen-bond donors (Lipinski definition) is 2. The van der Waals surface area contributed by atoms with Gasteiger partial charge in [-0.05, 0) is 0 Å². The fraction of sp³-hybridized carbons (Fsp3) is 0.800. The Kier molecular flexibility index (Phi) is 4.06. The second-order valence-electron chi connectivity index (χ2n) is 2.18. The van der Waals surface area contributed by atoms with Crippen LogP contribution in [0.3, 0.4) is 0 Å². The van der Waals surface area contributed by atoms with E-state index in [2.05, 4.69) is 5.32 Å². The van der Waals surface area contributed by atoms with Gasteiger partial charge in [0.1, 0.15) is 9.84 Å². The fourth-order valence-electron chi connectivity index (χ4n) is 0.480.